The number of benzene rings is 1. The fraction of sp³-hybridized carbons (Fsp3) is 0.429. The molecular weight excluding hydrogens is 381 g/mol. The zero-order chi connectivity index (χ0) is 19.1. The van der Waals surface area contributed by atoms with Crippen molar-refractivity contribution in [3.63, 3.8) is 0 Å². The fourth-order valence-electron chi connectivity index (χ4n) is 3.36. The van der Waals surface area contributed by atoms with Gasteiger partial charge in [-0.2, -0.15) is 0 Å². The molecule has 27 heavy (non-hydrogen) atoms. The van der Waals surface area contributed by atoms with Crippen LogP contribution >= 0.6 is 23.2 Å². The van der Waals surface area contributed by atoms with E-state index in [-0.39, 0.29) is 5.91 Å². The maximum Gasteiger partial charge on any atom is 0.223 e. The molecule has 0 spiro atoms. The average molecular weight is 406 g/mol. The van der Waals surface area contributed by atoms with Crippen LogP contribution in [0.3, 0.4) is 0 Å². The summed E-state index contributed by atoms with van der Waals surface area (Å²) >= 11 is 12.2. The number of hydrogen-bond acceptors (Lipinski definition) is 3. The van der Waals surface area contributed by atoms with E-state index in [9.17, 15) is 4.79 Å². The number of carbonyl (C=O) groups is 1. The van der Waals surface area contributed by atoms with Crippen molar-refractivity contribution in [2.45, 2.75) is 32.2 Å². The Morgan fingerprint density at radius 1 is 1.11 bits per heavy atom. The summed E-state index contributed by atoms with van der Waals surface area (Å²) in [4.78, 5) is 21.6. The quantitative estimate of drug-likeness (QED) is 0.650. The Morgan fingerprint density at radius 3 is 2.63 bits per heavy atom. The largest absolute Gasteiger partial charge is 0.337 e. The Kier molecular flexibility index (Phi) is 7.50. The molecule has 2 aromatic rings. The maximum absolute atomic E-state index is 12.9. The van der Waals surface area contributed by atoms with Gasteiger partial charge in [-0.25, -0.2) is 0 Å². The number of halogens is 2. The van der Waals surface area contributed by atoms with Gasteiger partial charge in [0, 0.05) is 37.9 Å². The van der Waals surface area contributed by atoms with Crippen LogP contribution in [0.25, 0.3) is 0 Å². The second kappa shape index (κ2) is 10.1. The SMILES string of the molecule is O=C(CCc1ccccn1)N(CCN1CCCC1)Cc1ccc(Cl)c(Cl)c1. The first-order valence-electron chi connectivity index (χ1n) is 9.46. The molecule has 0 atom stereocenters. The molecule has 1 aromatic carbocycles. The summed E-state index contributed by atoms with van der Waals surface area (Å²) in [5.74, 6) is 0.144. The van der Waals surface area contributed by atoms with Crippen LogP contribution in [0.1, 0.15) is 30.5 Å². The molecule has 1 saturated heterocycles. The third-order valence-electron chi connectivity index (χ3n) is 4.92. The molecule has 0 radical (unpaired) electrons. The van der Waals surface area contributed by atoms with Gasteiger partial charge in [-0.05, 0) is 62.2 Å². The van der Waals surface area contributed by atoms with E-state index < -0.39 is 0 Å². The number of nitrogens with zero attached hydrogens (tertiary/aromatic N) is 3. The summed E-state index contributed by atoms with van der Waals surface area (Å²) in [5, 5.41) is 1.06. The third-order valence-corrected chi connectivity index (χ3v) is 5.66. The molecule has 1 aromatic heterocycles. The zero-order valence-corrected chi connectivity index (χ0v) is 16.9. The van der Waals surface area contributed by atoms with Crippen LogP contribution < -0.4 is 0 Å². The maximum atomic E-state index is 12.9. The molecule has 144 valence electrons. The number of amides is 1. The second-order valence-electron chi connectivity index (χ2n) is 6.93. The Morgan fingerprint density at radius 2 is 1.93 bits per heavy atom. The Labute approximate surface area is 171 Å². The molecule has 3 rings (SSSR count). The van der Waals surface area contributed by atoms with Gasteiger partial charge in [0.25, 0.3) is 0 Å². The first-order valence-corrected chi connectivity index (χ1v) is 10.2. The van der Waals surface area contributed by atoms with Gasteiger partial charge in [0.2, 0.25) is 5.91 Å². The summed E-state index contributed by atoms with van der Waals surface area (Å²) in [7, 11) is 0. The van der Waals surface area contributed by atoms with Gasteiger partial charge in [-0.15, -0.1) is 0 Å². The highest BCUT2D eigenvalue weighted by molar-refractivity contribution is 6.42. The lowest BCUT2D eigenvalue weighted by atomic mass is 10.1. The Balaban J connectivity index is 1.63. The molecule has 1 aliphatic heterocycles. The van der Waals surface area contributed by atoms with E-state index in [2.05, 4.69) is 9.88 Å². The number of rotatable bonds is 8. The topological polar surface area (TPSA) is 36.4 Å². The second-order valence-corrected chi connectivity index (χ2v) is 7.75. The van der Waals surface area contributed by atoms with Gasteiger partial charge in [-0.3, -0.25) is 9.78 Å². The van der Waals surface area contributed by atoms with Crippen LogP contribution in [-0.4, -0.2) is 46.9 Å². The van der Waals surface area contributed by atoms with Crippen LogP contribution in [0.5, 0.6) is 0 Å². The monoisotopic (exact) mass is 405 g/mol. The van der Waals surface area contributed by atoms with Gasteiger partial charge < -0.3 is 9.80 Å². The van der Waals surface area contributed by atoms with Crippen LogP contribution in [0, 0.1) is 0 Å². The van der Waals surface area contributed by atoms with E-state index in [4.69, 9.17) is 23.2 Å². The summed E-state index contributed by atoms with van der Waals surface area (Å²) in [6.45, 7) is 4.44. The molecule has 4 nitrogen and oxygen atoms in total. The summed E-state index contributed by atoms with van der Waals surface area (Å²) in [5.41, 5.74) is 1.94. The lowest BCUT2D eigenvalue weighted by Gasteiger charge is -2.26. The van der Waals surface area contributed by atoms with Gasteiger partial charge in [0.1, 0.15) is 0 Å². The number of likely N-dealkylation sites (tertiary alicyclic amines) is 1. The predicted octanol–water partition coefficient (Wildman–Crippen LogP) is 4.45. The highest BCUT2D eigenvalue weighted by Gasteiger charge is 2.18. The Hall–Kier alpha value is -1.62. The van der Waals surface area contributed by atoms with Crippen molar-refractivity contribution in [2.24, 2.45) is 0 Å². The van der Waals surface area contributed by atoms with E-state index >= 15 is 0 Å². The third kappa shape index (κ3) is 6.20. The van der Waals surface area contributed by atoms with Crippen LogP contribution in [0.2, 0.25) is 10.0 Å². The van der Waals surface area contributed by atoms with Crippen molar-refractivity contribution in [2.75, 3.05) is 26.2 Å². The van der Waals surface area contributed by atoms with Crippen molar-refractivity contribution < 1.29 is 4.79 Å². The molecule has 0 unspecified atom stereocenters. The molecular formula is C21H25Cl2N3O. The van der Waals surface area contributed by atoms with E-state index in [1.807, 2.05) is 35.2 Å². The first kappa shape index (κ1) is 20.1. The van der Waals surface area contributed by atoms with Crippen molar-refractivity contribution in [3.8, 4) is 0 Å². The molecule has 1 aliphatic rings. The minimum Gasteiger partial charge on any atom is -0.337 e. The standard InChI is InChI=1S/C21H25Cl2N3O/c22-19-8-6-17(15-20(19)23)16-26(14-13-25-11-3-4-12-25)21(27)9-7-18-5-1-2-10-24-18/h1-2,5-6,8,10,15H,3-4,7,9,11-14,16H2. The fourth-order valence-corrected chi connectivity index (χ4v) is 3.68. The van der Waals surface area contributed by atoms with Crippen LogP contribution in [-0.2, 0) is 17.8 Å². The van der Waals surface area contributed by atoms with Crippen molar-refractivity contribution in [1.29, 1.82) is 0 Å². The summed E-state index contributed by atoms with van der Waals surface area (Å²) < 4.78 is 0. The van der Waals surface area contributed by atoms with Gasteiger partial charge in [0.05, 0.1) is 10.0 Å². The van der Waals surface area contributed by atoms with E-state index in [0.29, 0.717) is 29.4 Å². The minimum atomic E-state index is 0.144. The van der Waals surface area contributed by atoms with E-state index in [1.165, 1.54) is 12.8 Å². The molecule has 2 heterocycles. The van der Waals surface area contributed by atoms with Gasteiger partial charge in [0.15, 0.2) is 0 Å². The summed E-state index contributed by atoms with van der Waals surface area (Å²) in [6.07, 6.45) is 5.38. The molecule has 0 N–H and O–H groups in total. The highest BCUT2D eigenvalue weighted by Crippen LogP contribution is 2.23. The molecule has 1 amide bonds. The van der Waals surface area contributed by atoms with Gasteiger partial charge in [-0.1, -0.05) is 35.3 Å². The first-order chi connectivity index (χ1) is 13.1. The molecule has 0 bridgehead atoms. The zero-order valence-electron chi connectivity index (χ0n) is 15.4. The number of hydrogen-bond donors (Lipinski definition) is 0. The van der Waals surface area contributed by atoms with Crippen molar-refractivity contribution in [1.82, 2.24) is 14.8 Å². The van der Waals surface area contributed by atoms with Gasteiger partial charge >= 0.3 is 0 Å². The highest BCUT2D eigenvalue weighted by atomic mass is 35.5. The molecule has 1 fully saturated rings. The van der Waals surface area contributed by atoms with Crippen LogP contribution in [0.15, 0.2) is 42.6 Å². The molecule has 0 aliphatic carbocycles. The Bertz CT molecular complexity index is 748. The number of carbonyl (C=O) groups excluding carboxylic acids is 1. The lowest BCUT2D eigenvalue weighted by molar-refractivity contribution is -0.132. The van der Waals surface area contributed by atoms with Crippen molar-refractivity contribution in [3.05, 3.63) is 63.9 Å². The smallest absolute Gasteiger partial charge is 0.223 e. The van der Waals surface area contributed by atoms with E-state index in [0.717, 1.165) is 37.4 Å². The normalized spacial score (nSPS) is 14.4. The average Bonchev–Trinajstić information content (AvgIpc) is 3.20. The minimum absolute atomic E-state index is 0.144. The lowest BCUT2D eigenvalue weighted by Crippen LogP contribution is -2.37. The number of pyridine rings is 1. The van der Waals surface area contributed by atoms with Crippen molar-refractivity contribution >= 4 is 29.1 Å². The number of aryl methyl sites for hydroxylation is 1. The van der Waals surface area contributed by atoms with Crippen LogP contribution in [0.4, 0.5) is 0 Å². The van der Waals surface area contributed by atoms with E-state index in [1.54, 1.807) is 12.3 Å². The molecule has 6 heteroatoms. The molecule has 0 saturated carbocycles. The predicted molar refractivity (Wildman–Crippen MR) is 110 cm³/mol. The number of aromatic nitrogens is 1. The summed E-state index contributed by atoms with van der Waals surface area (Å²) in [6, 6.07) is 11.4.